The molecule has 0 unspecified atom stereocenters. The molecule has 86 valence electrons. The molecule has 2 aromatic rings. The van der Waals surface area contributed by atoms with E-state index < -0.39 is 0 Å². The topological polar surface area (TPSA) is 29.0 Å². The highest BCUT2D eigenvalue weighted by Gasteiger charge is 2.14. The molecule has 0 radical (unpaired) electrons. The highest BCUT2D eigenvalue weighted by atomic mass is 32.1. The molecule has 5 heteroatoms. The monoisotopic (exact) mass is 253 g/mol. The molecular weight excluding hydrogens is 238 g/mol. The molecule has 0 saturated carbocycles. The molecule has 0 bridgehead atoms. The summed E-state index contributed by atoms with van der Waals surface area (Å²) in [5.41, 5.74) is 0. The van der Waals surface area contributed by atoms with Crippen LogP contribution in [-0.2, 0) is 6.42 Å². The Balaban J connectivity index is 2.02. The Morgan fingerprint density at radius 2 is 2.25 bits per heavy atom. The average Bonchev–Trinajstić information content (AvgIpc) is 2.88. The lowest BCUT2D eigenvalue weighted by Gasteiger charge is -2.23. The zero-order valence-electron chi connectivity index (χ0n) is 9.67. The lowest BCUT2D eigenvalue weighted by Crippen LogP contribution is -2.30. The molecule has 16 heavy (non-hydrogen) atoms. The van der Waals surface area contributed by atoms with Crippen molar-refractivity contribution in [2.75, 3.05) is 11.9 Å². The Labute approximate surface area is 104 Å². The first-order chi connectivity index (χ1) is 7.66. The van der Waals surface area contributed by atoms with Crippen LogP contribution in [0.4, 0.5) is 5.13 Å². The second-order valence-electron chi connectivity index (χ2n) is 3.85. The molecule has 2 rings (SSSR count). The summed E-state index contributed by atoms with van der Waals surface area (Å²) in [6, 6.07) is 4.73. The molecule has 2 heterocycles. The normalized spacial score (nSPS) is 12.7. The molecule has 0 aliphatic heterocycles. The Hall–Kier alpha value is -0.940. The lowest BCUT2D eigenvalue weighted by molar-refractivity contribution is 0.683. The van der Waals surface area contributed by atoms with Crippen molar-refractivity contribution in [1.29, 1.82) is 0 Å². The smallest absolute Gasteiger partial charge is 0.208 e. The number of nitrogens with zero attached hydrogens (tertiary/aromatic N) is 3. The molecule has 0 amide bonds. The second kappa shape index (κ2) is 4.93. The Bertz CT molecular complexity index is 436. The second-order valence-corrected chi connectivity index (χ2v) is 6.04. The number of hydrogen-bond donors (Lipinski definition) is 0. The first-order valence-corrected chi connectivity index (χ1v) is 6.91. The molecule has 1 atom stereocenters. The number of rotatable bonds is 4. The third kappa shape index (κ3) is 2.59. The largest absolute Gasteiger partial charge is 0.347 e. The van der Waals surface area contributed by atoms with Crippen LogP contribution in [0.25, 0.3) is 0 Å². The van der Waals surface area contributed by atoms with Crippen LogP contribution in [0.1, 0.15) is 16.8 Å². The number of hydrogen-bond acceptors (Lipinski definition) is 5. The molecule has 0 aliphatic carbocycles. The van der Waals surface area contributed by atoms with Crippen LogP contribution >= 0.6 is 22.7 Å². The van der Waals surface area contributed by atoms with Crippen molar-refractivity contribution >= 4 is 27.8 Å². The molecule has 0 spiro atoms. The Kier molecular flexibility index (Phi) is 3.56. The fraction of sp³-hybridized carbons (Fsp3) is 0.455. The van der Waals surface area contributed by atoms with Crippen LogP contribution < -0.4 is 4.90 Å². The predicted octanol–water partition coefficient (Wildman–Crippen LogP) is 2.98. The number of anilines is 1. The van der Waals surface area contributed by atoms with Crippen molar-refractivity contribution in [2.24, 2.45) is 0 Å². The van der Waals surface area contributed by atoms with Crippen molar-refractivity contribution in [2.45, 2.75) is 26.3 Å². The van der Waals surface area contributed by atoms with E-state index in [9.17, 15) is 0 Å². The van der Waals surface area contributed by atoms with E-state index in [4.69, 9.17) is 0 Å². The molecule has 2 aromatic heterocycles. The number of thiophene rings is 1. The van der Waals surface area contributed by atoms with Gasteiger partial charge in [0.1, 0.15) is 5.01 Å². The van der Waals surface area contributed by atoms with Crippen LogP contribution in [0.15, 0.2) is 17.5 Å². The van der Waals surface area contributed by atoms with Gasteiger partial charge in [-0.05, 0) is 25.3 Å². The number of aromatic nitrogens is 2. The van der Waals surface area contributed by atoms with Crippen LogP contribution in [0.3, 0.4) is 0 Å². The van der Waals surface area contributed by atoms with Gasteiger partial charge in [0.15, 0.2) is 0 Å². The van der Waals surface area contributed by atoms with Gasteiger partial charge in [0.2, 0.25) is 5.13 Å². The van der Waals surface area contributed by atoms with E-state index in [0.29, 0.717) is 6.04 Å². The van der Waals surface area contributed by atoms with Gasteiger partial charge in [-0.25, -0.2) is 0 Å². The lowest BCUT2D eigenvalue weighted by atomic mass is 10.2. The van der Waals surface area contributed by atoms with Gasteiger partial charge in [0, 0.05) is 24.4 Å². The van der Waals surface area contributed by atoms with E-state index >= 15 is 0 Å². The summed E-state index contributed by atoms with van der Waals surface area (Å²) in [5.74, 6) is 0. The molecule has 0 N–H and O–H groups in total. The zero-order chi connectivity index (χ0) is 11.5. The summed E-state index contributed by atoms with van der Waals surface area (Å²) in [7, 11) is 2.08. The van der Waals surface area contributed by atoms with Crippen molar-refractivity contribution < 1.29 is 0 Å². The highest BCUT2D eigenvalue weighted by molar-refractivity contribution is 7.15. The van der Waals surface area contributed by atoms with Gasteiger partial charge in [-0.15, -0.1) is 21.5 Å². The minimum absolute atomic E-state index is 0.450. The van der Waals surface area contributed by atoms with E-state index in [2.05, 4.69) is 46.6 Å². The zero-order valence-corrected chi connectivity index (χ0v) is 11.3. The maximum absolute atomic E-state index is 4.16. The quantitative estimate of drug-likeness (QED) is 0.839. The van der Waals surface area contributed by atoms with Crippen molar-refractivity contribution in [3.8, 4) is 0 Å². The van der Waals surface area contributed by atoms with Crippen molar-refractivity contribution in [3.05, 3.63) is 27.4 Å². The number of likely N-dealkylation sites (N-methyl/N-ethyl adjacent to an activating group) is 1. The summed E-state index contributed by atoms with van der Waals surface area (Å²) >= 11 is 3.45. The van der Waals surface area contributed by atoms with E-state index in [1.807, 2.05) is 18.3 Å². The molecular formula is C11H15N3S2. The summed E-state index contributed by atoms with van der Waals surface area (Å²) in [5, 5.41) is 12.4. The molecule has 0 aromatic carbocycles. The van der Waals surface area contributed by atoms with Gasteiger partial charge in [-0.2, -0.15) is 0 Å². The first-order valence-electron chi connectivity index (χ1n) is 5.22. The third-order valence-electron chi connectivity index (χ3n) is 2.55. The minimum Gasteiger partial charge on any atom is -0.347 e. The standard InChI is InChI=1S/C11H15N3S2/c1-8(7-10-5-4-6-15-10)14(3)11-13-12-9(2)16-11/h4-6,8H,7H2,1-3H3/t8-/m0/s1. The average molecular weight is 253 g/mol. The fourth-order valence-corrected chi connectivity index (χ4v) is 3.05. The van der Waals surface area contributed by atoms with E-state index in [1.165, 1.54) is 4.88 Å². The summed E-state index contributed by atoms with van der Waals surface area (Å²) in [6.45, 7) is 4.20. The Morgan fingerprint density at radius 1 is 1.44 bits per heavy atom. The van der Waals surface area contributed by atoms with Gasteiger partial charge in [-0.3, -0.25) is 0 Å². The Morgan fingerprint density at radius 3 is 2.81 bits per heavy atom. The minimum atomic E-state index is 0.450. The van der Waals surface area contributed by atoms with Gasteiger partial charge in [-0.1, -0.05) is 17.4 Å². The first kappa shape index (κ1) is 11.5. The van der Waals surface area contributed by atoms with Gasteiger partial charge < -0.3 is 4.90 Å². The summed E-state index contributed by atoms with van der Waals surface area (Å²) < 4.78 is 0. The third-order valence-corrected chi connectivity index (χ3v) is 4.38. The molecule has 0 fully saturated rings. The van der Waals surface area contributed by atoms with Gasteiger partial charge in [0.05, 0.1) is 0 Å². The molecule has 3 nitrogen and oxygen atoms in total. The molecule has 0 aliphatic rings. The summed E-state index contributed by atoms with van der Waals surface area (Å²) in [4.78, 5) is 3.62. The van der Waals surface area contributed by atoms with Gasteiger partial charge in [0.25, 0.3) is 0 Å². The van der Waals surface area contributed by atoms with E-state index in [1.54, 1.807) is 11.3 Å². The predicted molar refractivity (Wildman–Crippen MR) is 70.5 cm³/mol. The van der Waals surface area contributed by atoms with Crippen molar-refractivity contribution in [1.82, 2.24) is 10.2 Å². The van der Waals surface area contributed by atoms with E-state index in [-0.39, 0.29) is 0 Å². The fourth-order valence-electron chi connectivity index (χ4n) is 1.47. The summed E-state index contributed by atoms with van der Waals surface area (Å²) in [6.07, 6.45) is 1.06. The van der Waals surface area contributed by atoms with Crippen LogP contribution in [0.2, 0.25) is 0 Å². The number of aryl methyl sites for hydroxylation is 1. The molecule has 0 saturated heterocycles. The highest BCUT2D eigenvalue weighted by Crippen LogP contribution is 2.22. The van der Waals surface area contributed by atoms with Crippen molar-refractivity contribution in [3.63, 3.8) is 0 Å². The maximum atomic E-state index is 4.16. The SMILES string of the molecule is Cc1nnc(N(C)[C@@H](C)Cc2cccs2)s1. The van der Waals surface area contributed by atoms with E-state index in [0.717, 1.165) is 16.6 Å². The van der Waals surface area contributed by atoms with Gasteiger partial charge >= 0.3 is 0 Å². The van der Waals surface area contributed by atoms with Crippen LogP contribution in [0.5, 0.6) is 0 Å². The van der Waals surface area contributed by atoms with Crippen LogP contribution in [0, 0.1) is 6.92 Å². The maximum Gasteiger partial charge on any atom is 0.208 e. The van der Waals surface area contributed by atoms with Crippen LogP contribution in [-0.4, -0.2) is 23.3 Å².